The molecule has 1 aliphatic heterocycles. The summed E-state index contributed by atoms with van der Waals surface area (Å²) >= 11 is 5.71. The number of hydrogen-bond acceptors (Lipinski definition) is 4. The van der Waals surface area contributed by atoms with Gasteiger partial charge in [0.15, 0.2) is 0 Å². The van der Waals surface area contributed by atoms with Crippen molar-refractivity contribution in [3.63, 3.8) is 0 Å². The second kappa shape index (κ2) is 11.5. The lowest BCUT2D eigenvalue weighted by Gasteiger charge is -2.22. The highest BCUT2D eigenvalue weighted by Gasteiger charge is 2.29. The summed E-state index contributed by atoms with van der Waals surface area (Å²) in [5.74, 6) is -1.99. The maximum Gasteiger partial charge on any atom is 0.244 e. The van der Waals surface area contributed by atoms with Crippen LogP contribution in [0.2, 0.25) is 5.02 Å². The van der Waals surface area contributed by atoms with E-state index in [0.717, 1.165) is 12.1 Å². The smallest absolute Gasteiger partial charge is 0.244 e. The minimum absolute atomic E-state index is 0.0925. The highest BCUT2D eigenvalue weighted by atomic mass is 35.5. The molecule has 1 saturated heterocycles. The molecule has 0 aliphatic carbocycles. The van der Waals surface area contributed by atoms with E-state index >= 15 is 0 Å². The van der Waals surface area contributed by atoms with E-state index in [-0.39, 0.29) is 34.7 Å². The van der Waals surface area contributed by atoms with Crippen molar-refractivity contribution in [1.29, 1.82) is 5.26 Å². The molecular formula is C22H26ClFN4O3. The number of nitriles is 1. The first kappa shape index (κ1) is 24.4. The lowest BCUT2D eigenvalue weighted by Crippen LogP contribution is -2.50. The molecule has 9 heteroatoms. The van der Waals surface area contributed by atoms with Gasteiger partial charge in [-0.15, -0.1) is 0 Å². The van der Waals surface area contributed by atoms with Crippen molar-refractivity contribution < 1.29 is 18.8 Å². The molecule has 3 amide bonds. The SMILES string of the molecule is CC(C)C[C@H](NC(=O)/C=C/c1ccc(Cl)cc1F)C(=O)N[C@H](C#N)C[C@@H]1CCNC1=O. The van der Waals surface area contributed by atoms with Crippen molar-refractivity contribution >= 4 is 35.4 Å². The maximum atomic E-state index is 13.9. The summed E-state index contributed by atoms with van der Waals surface area (Å²) in [7, 11) is 0. The molecule has 1 heterocycles. The van der Waals surface area contributed by atoms with Crippen LogP contribution in [-0.4, -0.2) is 36.3 Å². The molecule has 2 rings (SSSR count). The molecule has 0 unspecified atom stereocenters. The molecule has 0 spiro atoms. The molecule has 0 radical (unpaired) electrons. The van der Waals surface area contributed by atoms with Gasteiger partial charge in [-0.25, -0.2) is 4.39 Å². The molecule has 1 aromatic rings. The van der Waals surface area contributed by atoms with Gasteiger partial charge in [0.25, 0.3) is 0 Å². The largest absolute Gasteiger partial charge is 0.356 e. The maximum absolute atomic E-state index is 13.9. The van der Waals surface area contributed by atoms with Crippen LogP contribution in [0, 0.1) is 29.0 Å². The monoisotopic (exact) mass is 448 g/mol. The van der Waals surface area contributed by atoms with E-state index in [1.54, 1.807) is 0 Å². The number of rotatable bonds is 9. The number of halogens is 2. The zero-order valence-corrected chi connectivity index (χ0v) is 18.2. The van der Waals surface area contributed by atoms with Gasteiger partial charge in [0.05, 0.1) is 6.07 Å². The summed E-state index contributed by atoms with van der Waals surface area (Å²) in [6.07, 6.45) is 3.61. The quantitative estimate of drug-likeness (QED) is 0.504. The Bertz CT molecular complexity index is 897. The minimum atomic E-state index is -0.875. The van der Waals surface area contributed by atoms with Crippen molar-refractivity contribution in [3.8, 4) is 6.07 Å². The van der Waals surface area contributed by atoms with E-state index < -0.39 is 29.7 Å². The van der Waals surface area contributed by atoms with Crippen molar-refractivity contribution in [2.75, 3.05) is 6.54 Å². The minimum Gasteiger partial charge on any atom is -0.356 e. The first-order valence-corrected chi connectivity index (χ1v) is 10.5. The van der Waals surface area contributed by atoms with E-state index in [1.807, 2.05) is 19.9 Å². The Balaban J connectivity index is 2.01. The number of hydrogen-bond donors (Lipinski definition) is 3. The Morgan fingerprint density at radius 2 is 2.13 bits per heavy atom. The van der Waals surface area contributed by atoms with Crippen molar-refractivity contribution in [2.45, 2.75) is 45.2 Å². The normalized spacial score (nSPS) is 17.8. The zero-order chi connectivity index (χ0) is 23.0. The van der Waals surface area contributed by atoms with Gasteiger partial charge in [-0.2, -0.15) is 5.26 Å². The van der Waals surface area contributed by atoms with Crippen molar-refractivity contribution in [3.05, 3.63) is 40.7 Å². The highest BCUT2D eigenvalue weighted by Crippen LogP contribution is 2.17. The predicted molar refractivity (Wildman–Crippen MR) is 115 cm³/mol. The predicted octanol–water partition coefficient (Wildman–Crippen LogP) is 2.56. The second-order valence-corrected chi connectivity index (χ2v) is 8.33. The van der Waals surface area contributed by atoms with Crippen LogP contribution in [0.15, 0.2) is 24.3 Å². The van der Waals surface area contributed by atoms with Gasteiger partial charge in [-0.1, -0.05) is 31.5 Å². The molecule has 0 bridgehead atoms. The molecule has 1 fully saturated rings. The van der Waals surface area contributed by atoms with E-state index in [0.29, 0.717) is 19.4 Å². The Kier molecular flexibility index (Phi) is 9.01. The molecule has 1 aliphatic rings. The summed E-state index contributed by atoms with van der Waals surface area (Å²) in [5.41, 5.74) is 0.184. The number of carbonyl (C=O) groups is 3. The summed E-state index contributed by atoms with van der Waals surface area (Å²) in [5, 5.41) is 17.6. The summed E-state index contributed by atoms with van der Waals surface area (Å²) < 4.78 is 13.9. The van der Waals surface area contributed by atoms with Gasteiger partial charge in [0.2, 0.25) is 17.7 Å². The van der Waals surface area contributed by atoms with Gasteiger partial charge in [0, 0.05) is 29.1 Å². The fraction of sp³-hybridized carbons (Fsp3) is 0.455. The van der Waals surface area contributed by atoms with Crippen LogP contribution in [0.3, 0.4) is 0 Å². The average Bonchev–Trinajstić information content (AvgIpc) is 3.10. The molecule has 166 valence electrons. The first-order chi connectivity index (χ1) is 14.7. The third-order valence-electron chi connectivity index (χ3n) is 4.87. The molecule has 31 heavy (non-hydrogen) atoms. The summed E-state index contributed by atoms with van der Waals surface area (Å²) in [6.45, 7) is 4.36. The van der Waals surface area contributed by atoms with Crippen LogP contribution >= 0.6 is 11.6 Å². The fourth-order valence-corrected chi connectivity index (χ4v) is 3.45. The first-order valence-electron chi connectivity index (χ1n) is 10.1. The summed E-state index contributed by atoms with van der Waals surface area (Å²) in [4.78, 5) is 36.8. The zero-order valence-electron chi connectivity index (χ0n) is 17.5. The van der Waals surface area contributed by atoms with Gasteiger partial charge < -0.3 is 16.0 Å². The Morgan fingerprint density at radius 1 is 1.39 bits per heavy atom. The lowest BCUT2D eigenvalue weighted by atomic mass is 9.98. The van der Waals surface area contributed by atoms with Gasteiger partial charge in [0.1, 0.15) is 17.9 Å². The molecule has 0 saturated carbocycles. The average molecular weight is 449 g/mol. The second-order valence-electron chi connectivity index (χ2n) is 7.89. The topological polar surface area (TPSA) is 111 Å². The van der Waals surface area contributed by atoms with Gasteiger partial charge >= 0.3 is 0 Å². The third-order valence-corrected chi connectivity index (χ3v) is 5.11. The molecule has 7 nitrogen and oxygen atoms in total. The number of nitrogens with one attached hydrogen (secondary N) is 3. The van der Waals surface area contributed by atoms with Crippen molar-refractivity contribution in [2.24, 2.45) is 11.8 Å². The number of carbonyl (C=O) groups excluding carboxylic acids is 3. The van der Waals surface area contributed by atoms with Crippen molar-refractivity contribution in [1.82, 2.24) is 16.0 Å². The number of amides is 3. The standard InChI is InChI=1S/C22H26ClFN4O3/c1-13(2)9-19(22(31)27-17(12-25)10-15-7-8-26-21(15)30)28-20(29)6-4-14-3-5-16(23)11-18(14)24/h3-6,11,13,15,17,19H,7-10H2,1-2H3,(H,26,30)(H,27,31)(H,28,29)/b6-4+/t15-,17-,19-/m0/s1. The highest BCUT2D eigenvalue weighted by molar-refractivity contribution is 6.30. The van der Waals surface area contributed by atoms with Crippen LogP contribution in [0.5, 0.6) is 0 Å². The summed E-state index contributed by atoms with van der Waals surface area (Å²) in [6, 6.07) is 4.38. The number of nitrogens with zero attached hydrogens (tertiary/aromatic N) is 1. The van der Waals surface area contributed by atoms with Crippen LogP contribution < -0.4 is 16.0 Å². The fourth-order valence-electron chi connectivity index (χ4n) is 3.30. The lowest BCUT2D eigenvalue weighted by molar-refractivity contribution is -0.128. The van der Waals surface area contributed by atoms with Gasteiger partial charge in [-0.05, 0) is 43.4 Å². The van der Waals surface area contributed by atoms with Crippen LogP contribution in [0.4, 0.5) is 4.39 Å². The Morgan fingerprint density at radius 3 is 2.71 bits per heavy atom. The molecule has 0 aromatic heterocycles. The van der Waals surface area contributed by atoms with Gasteiger partial charge in [-0.3, -0.25) is 14.4 Å². The third kappa shape index (κ3) is 7.68. The Labute approximate surface area is 186 Å². The van der Waals surface area contributed by atoms with E-state index in [2.05, 4.69) is 16.0 Å². The molecule has 1 aromatic carbocycles. The van der Waals surface area contributed by atoms with Crippen LogP contribution in [0.1, 0.15) is 38.7 Å². The van der Waals surface area contributed by atoms with Crippen LogP contribution in [-0.2, 0) is 14.4 Å². The van der Waals surface area contributed by atoms with E-state index in [4.69, 9.17) is 11.6 Å². The van der Waals surface area contributed by atoms with E-state index in [9.17, 15) is 24.0 Å². The Hall–Kier alpha value is -2.92. The van der Waals surface area contributed by atoms with Crippen LogP contribution in [0.25, 0.3) is 6.08 Å². The number of benzene rings is 1. The molecule has 3 atom stereocenters. The molecular weight excluding hydrogens is 423 g/mol. The van der Waals surface area contributed by atoms with E-state index in [1.165, 1.54) is 18.2 Å². The molecule has 3 N–H and O–H groups in total.